The molecule has 16 heavy (non-hydrogen) atoms. The Morgan fingerprint density at radius 1 is 1.06 bits per heavy atom. The van der Waals surface area contributed by atoms with Gasteiger partial charge in [-0.25, -0.2) is 4.79 Å². The van der Waals surface area contributed by atoms with Crippen molar-refractivity contribution in [2.45, 2.75) is 33.6 Å². The van der Waals surface area contributed by atoms with Crippen LogP contribution in [0.4, 0.5) is 0 Å². The highest BCUT2D eigenvalue weighted by atomic mass is 17.2. The molecule has 3 heteroatoms. The normalized spacial score (nSPS) is 10.9. The van der Waals surface area contributed by atoms with Gasteiger partial charge in [-0.3, -0.25) is 4.89 Å². The lowest BCUT2D eigenvalue weighted by Gasteiger charge is -2.07. The van der Waals surface area contributed by atoms with Crippen molar-refractivity contribution in [1.82, 2.24) is 0 Å². The summed E-state index contributed by atoms with van der Waals surface area (Å²) >= 11 is 0. The van der Waals surface area contributed by atoms with E-state index in [1.807, 2.05) is 12.1 Å². The molecule has 1 rings (SSSR count). The number of rotatable bonds is 4. The first-order chi connectivity index (χ1) is 7.50. The van der Waals surface area contributed by atoms with E-state index in [4.69, 9.17) is 4.89 Å². The first-order valence-electron chi connectivity index (χ1n) is 5.29. The van der Waals surface area contributed by atoms with Gasteiger partial charge in [-0.15, -0.1) is 0 Å². The molecule has 1 radical (unpaired) electrons. The van der Waals surface area contributed by atoms with Crippen LogP contribution in [0.1, 0.15) is 49.5 Å². The Hall–Kier alpha value is -1.35. The van der Waals surface area contributed by atoms with E-state index in [0.717, 1.165) is 0 Å². The molecule has 0 aliphatic carbocycles. The highest BCUT2D eigenvalue weighted by molar-refractivity contribution is 5.88. The van der Waals surface area contributed by atoms with E-state index in [1.165, 1.54) is 5.56 Å². The van der Waals surface area contributed by atoms with Gasteiger partial charge in [0.2, 0.25) is 0 Å². The molecule has 0 saturated heterocycles. The molecule has 0 unspecified atom stereocenters. The van der Waals surface area contributed by atoms with Crippen LogP contribution in [0, 0.1) is 6.10 Å². The van der Waals surface area contributed by atoms with Gasteiger partial charge in [0.15, 0.2) is 0 Å². The average molecular weight is 221 g/mol. The van der Waals surface area contributed by atoms with Crippen molar-refractivity contribution in [2.24, 2.45) is 0 Å². The number of hydrogen-bond donors (Lipinski definition) is 0. The van der Waals surface area contributed by atoms with Crippen molar-refractivity contribution in [1.29, 1.82) is 0 Å². The van der Waals surface area contributed by atoms with Crippen molar-refractivity contribution in [3.05, 3.63) is 41.5 Å². The number of carbonyl (C=O) groups excluding carboxylic acids is 1. The van der Waals surface area contributed by atoms with Crippen LogP contribution in [0.25, 0.3) is 0 Å². The molecule has 87 valence electrons. The van der Waals surface area contributed by atoms with Crippen LogP contribution in [0.15, 0.2) is 24.3 Å². The topological polar surface area (TPSA) is 35.5 Å². The molecule has 3 nitrogen and oxygen atoms in total. The summed E-state index contributed by atoms with van der Waals surface area (Å²) in [6, 6.07) is 7.32. The average Bonchev–Trinajstić information content (AvgIpc) is 2.26. The van der Waals surface area contributed by atoms with E-state index in [-0.39, 0.29) is 0 Å². The molecule has 0 aromatic heterocycles. The van der Waals surface area contributed by atoms with Gasteiger partial charge in [0.25, 0.3) is 0 Å². The Bertz CT molecular complexity index is 339. The zero-order valence-electron chi connectivity index (χ0n) is 10.1. The maximum Gasteiger partial charge on any atom is 0.373 e. The van der Waals surface area contributed by atoms with Crippen LogP contribution in [0.5, 0.6) is 0 Å². The third-order valence-electron chi connectivity index (χ3n) is 2.10. The van der Waals surface area contributed by atoms with Crippen LogP contribution in [-0.2, 0) is 9.78 Å². The summed E-state index contributed by atoms with van der Waals surface area (Å²) < 4.78 is 0. The van der Waals surface area contributed by atoms with Gasteiger partial charge in [-0.1, -0.05) is 26.0 Å². The zero-order valence-corrected chi connectivity index (χ0v) is 10.1. The summed E-state index contributed by atoms with van der Waals surface area (Å²) in [7, 11) is 0. The van der Waals surface area contributed by atoms with Gasteiger partial charge in [0.1, 0.15) is 6.10 Å². The highest BCUT2D eigenvalue weighted by Crippen LogP contribution is 2.15. The second kappa shape index (κ2) is 5.66. The quantitative estimate of drug-likeness (QED) is 0.577. The Morgan fingerprint density at radius 2 is 1.62 bits per heavy atom. The lowest BCUT2D eigenvalue weighted by atomic mass is 10.0. The Kier molecular flexibility index (Phi) is 4.50. The van der Waals surface area contributed by atoms with Crippen molar-refractivity contribution in [3.63, 3.8) is 0 Å². The van der Waals surface area contributed by atoms with E-state index in [0.29, 0.717) is 17.6 Å². The molecule has 0 aliphatic rings. The fourth-order valence-electron chi connectivity index (χ4n) is 1.17. The largest absolute Gasteiger partial charge is 0.373 e. The van der Waals surface area contributed by atoms with Crippen molar-refractivity contribution >= 4 is 5.97 Å². The number of carbonyl (C=O) groups is 1. The molecule has 0 bridgehead atoms. The number of benzene rings is 1. The van der Waals surface area contributed by atoms with Gasteiger partial charge in [-0.2, -0.15) is 4.89 Å². The molecule has 1 aromatic rings. The lowest BCUT2D eigenvalue weighted by molar-refractivity contribution is -0.229. The predicted molar refractivity (Wildman–Crippen MR) is 61.6 cm³/mol. The SMILES string of the molecule is C[C](C)OOC(=O)c1ccc(C(C)C)cc1. The molecule has 1 aromatic carbocycles. The second-order valence-electron chi connectivity index (χ2n) is 4.14. The predicted octanol–water partition coefficient (Wildman–Crippen LogP) is 3.47. The molecule has 0 amide bonds. The minimum absolute atomic E-state index is 0.451. The summed E-state index contributed by atoms with van der Waals surface area (Å²) in [5, 5.41) is 0. The minimum Gasteiger partial charge on any atom is -0.292 e. The molecule has 0 fully saturated rings. The minimum atomic E-state index is -0.475. The van der Waals surface area contributed by atoms with Gasteiger partial charge in [-0.05, 0) is 37.5 Å². The molecule has 0 heterocycles. The second-order valence-corrected chi connectivity index (χ2v) is 4.14. The summed E-state index contributed by atoms with van der Waals surface area (Å²) in [6.07, 6.45) is 0.590. The monoisotopic (exact) mass is 221 g/mol. The van der Waals surface area contributed by atoms with Crippen LogP contribution in [0.3, 0.4) is 0 Å². The van der Waals surface area contributed by atoms with Crippen LogP contribution in [0.2, 0.25) is 0 Å². The summed E-state index contributed by atoms with van der Waals surface area (Å²) in [5.74, 6) is -0.0240. The zero-order chi connectivity index (χ0) is 12.1. The smallest absolute Gasteiger partial charge is 0.292 e. The maximum atomic E-state index is 11.5. The summed E-state index contributed by atoms with van der Waals surface area (Å²) in [4.78, 5) is 20.8. The third kappa shape index (κ3) is 3.66. The molecule has 0 atom stereocenters. The van der Waals surface area contributed by atoms with E-state index in [2.05, 4.69) is 18.7 Å². The fraction of sp³-hybridized carbons (Fsp3) is 0.385. The van der Waals surface area contributed by atoms with Crippen LogP contribution in [-0.4, -0.2) is 5.97 Å². The van der Waals surface area contributed by atoms with Gasteiger partial charge >= 0.3 is 5.97 Å². The van der Waals surface area contributed by atoms with Gasteiger partial charge in [0, 0.05) is 0 Å². The summed E-state index contributed by atoms with van der Waals surface area (Å²) in [6.45, 7) is 7.64. The molecular formula is C13H17O3. The van der Waals surface area contributed by atoms with E-state index < -0.39 is 5.97 Å². The Balaban J connectivity index is 2.63. The standard InChI is InChI=1S/C13H17O3/c1-9(2)11-5-7-12(8-6-11)13(14)16-15-10(3)4/h5-9H,1-4H3. The maximum absolute atomic E-state index is 11.5. The van der Waals surface area contributed by atoms with Gasteiger partial charge < -0.3 is 0 Å². The Labute approximate surface area is 96.3 Å². The lowest BCUT2D eigenvalue weighted by Crippen LogP contribution is -2.07. The first kappa shape index (κ1) is 12.7. The Morgan fingerprint density at radius 3 is 2.06 bits per heavy atom. The summed E-state index contributed by atoms with van der Waals surface area (Å²) in [5.41, 5.74) is 1.68. The van der Waals surface area contributed by atoms with Crippen LogP contribution < -0.4 is 0 Å². The van der Waals surface area contributed by atoms with Crippen molar-refractivity contribution in [2.75, 3.05) is 0 Å². The van der Waals surface area contributed by atoms with Crippen molar-refractivity contribution < 1.29 is 14.6 Å². The van der Waals surface area contributed by atoms with Crippen LogP contribution >= 0.6 is 0 Å². The molecule has 0 aliphatic heterocycles. The molecule has 0 saturated carbocycles. The van der Waals surface area contributed by atoms with Gasteiger partial charge in [0.05, 0.1) is 5.56 Å². The third-order valence-corrected chi connectivity index (χ3v) is 2.10. The highest BCUT2D eigenvalue weighted by Gasteiger charge is 2.10. The van der Waals surface area contributed by atoms with E-state index in [1.54, 1.807) is 26.0 Å². The molecule has 0 N–H and O–H groups in total. The first-order valence-corrected chi connectivity index (χ1v) is 5.29. The fourth-order valence-corrected chi connectivity index (χ4v) is 1.17. The molecular weight excluding hydrogens is 204 g/mol. The van der Waals surface area contributed by atoms with E-state index >= 15 is 0 Å². The van der Waals surface area contributed by atoms with Crippen molar-refractivity contribution in [3.8, 4) is 0 Å². The molecule has 0 spiro atoms. The number of hydrogen-bond acceptors (Lipinski definition) is 3. The van der Waals surface area contributed by atoms with E-state index in [9.17, 15) is 4.79 Å².